The van der Waals surface area contributed by atoms with Gasteiger partial charge in [-0.25, -0.2) is 0 Å². The Kier molecular flexibility index (Phi) is 6.34. The number of rotatable bonds is 5. The molecule has 0 aliphatic carbocycles. The van der Waals surface area contributed by atoms with Crippen molar-refractivity contribution in [2.45, 2.75) is 70.4 Å². The van der Waals surface area contributed by atoms with Gasteiger partial charge in [0.05, 0.1) is 5.56 Å². The second-order valence-corrected chi connectivity index (χ2v) is 6.71. The zero-order valence-corrected chi connectivity index (χ0v) is 14.3. The summed E-state index contributed by atoms with van der Waals surface area (Å²) in [7, 11) is 0. The zero-order chi connectivity index (χ0) is 17.0. The number of benzene rings is 1. The Morgan fingerprint density at radius 3 is 2.26 bits per heavy atom. The molecule has 0 spiro atoms. The van der Waals surface area contributed by atoms with E-state index in [4.69, 9.17) is 11.6 Å². The van der Waals surface area contributed by atoms with Crippen LogP contribution >= 0.6 is 11.6 Å². The molecule has 0 radical (unpaired) electrons. The van der Waals surface area contributed by atoms with Crippen LogP contribution in [0.3, 0.4) is 0 Å². The Balaban J connectivity index is 2.01. The highest BCUT2D eigenvalue weighted by atomic mass is 35.5. The first-order chi connectivity index (χ1) is 10.8. The summed E-state index contributed by atoms with van der Waals surface area (Å²) in [5.74, 6) is 0. The molecule has 0 amide bonds. The van der Waals surface area contributed by atoms with E-state index < -0.39 is 11.7 Å². The molecule has 130 valence electrons. The summed E-state index contributed by atoms with van der Waals surface area (Å²) in [6.45, 7) is 4.71. The van der Waals surface area contributed by atoms with Crippen molar-refractivity contribution in [1.82, 2.24) is 10.6 Å². The molecule has 2 rings (SSSR count). The summed E-state index contributed by atoms with van der Waals surface area (Å²) < 4.78 is 38.5. The molecular formula is C17H24ClF3N2. The fraction of sp³-hybridized carbons (Fsp3) is 0.647. The Bertz CT molecular complexity index is 507. The van der Waals surface area contributed by atoms with Gasteiger partial charge in [-0.3, -0.25) is 0 Å². The third-order valence-electron chi connectivity index (χ3n) is 4.47. The van der Waals surface area contributed by atoms with Crippen molar-refractivity contribution in [1.29, 1.82) is 0 Å². The smallest absolute Gasteiger partial charge is 0.311 e. The highest BCUT2D eigenvalue weighted by molar-refractivity contribution is 6.30. The molecule has 1 fully saturated rings. The van der Waals surface area contributed by atoms with Crippen molar-refractivity contribution < 1.29 is 13.2 Å². The topological polar surface area (TPSA) is 24.1 Å². The molecule has 3 atom stereocenters. The van der Waals surface area contributed by atoms with Gasteiger partial charge in [-0.15, -0.1) is 0 Å². The second kappa shape index (κ2) is 7.86. The van der Waals surface area contributed by atoms with E-state index in [1.807, 2.05) is 0 Å². The Morgan fingerprint density at radius 1 is 1.13 bits per heavy atom. The molecule has 1 aliphatic rings. The van der Waals surface area contributed by atoms with Crippen LogP contribution in [0.15, 0.2) is 18.2 Å². The van der Waals surface area contributed by atoms with Gasteiger partial charge in [-0.1, -0.05) is 25.4 Å². The average Bonchev–Trinajstić information content (AvgIpc) is 2.51. The van der Waals surface area contributed by atoms with Crippen molar-refractivity contribution in [3.63, 3.8) is 0 Å². The number of halogens is 4. The summed E-state index contributed by atoms with van der Waals surface area (Å²) in [5.41, 5.74) is -0.116. The summed E-state index contributed by atoms with van der Waals surface area (Å²) in [4.78, 5) is 0. The standard InChI is InChI=1S/C17H24ClF3N2/c1-3-14-8-16(9-15(4-2)23-14)22-10-11-5-12(17(19,20)21)7-13(18)6-11/h5-7,14-16,22-23H,3-4,8-10H2,1-2H3/t14-,15+,16?. The van der Waals surface area contributed by atoms with Crippen LogP contribution in [0.4, 0.5) is 13.2 Å². The lowest BCUT2D eigenvalue weighted by atomic mass is 9.91. The maximum Gasteiger partial charge on any atom is 0.416 e. The van der Waals surface area contributed by atoms with E-state index in [0.29, 0.717) is 30.2 Å². The lowest BCUT2D eigenvalue weighted by Gasteiger charge is -2.36. The van der Waals surface area contributed by atoms with Crippen molar-refractivity contribution in [2.75, 3.05) is 0 Å². The molecule has 2 nitrogen and oxygen atoms in total. The number of alkyl halides is 3. The first-order valence-corrected chi connectivity index (χ1v) is 8.55. The average molecular weight is 349 g/mol. The van der Waals surface area contributed by atoms with Crippen molar-refractivity contribution in [2.24, 2.45) is 0 Å². The van der Waals surface area contributed by atoms with Crippen LogP contribution < -0.4 is 10.6 Å². The van der Waals surface area contributed by atoms with Crippen molar-refractivity contribution >= 4 is 11.6 Å². The van der Waals surface area contributed by atoms with Crippen LogP contribution in [-0.2, 0) is 12.7 Å². The Morgan fingerprint density at radius 2 is 1.74 bits per heavy atom. The second-order valence-electron chi connectivity index (χ2n) is 6.27. The van der Waals surface area contributed by atoms with Crippen LogP contribution in [0.2, 0.25) is 5.02 Å². The van der Waals surface area contributed by atoms with E-state index in [0.717, 1.165) is 31.7 Å². The van der Waals surface area contributed by atoms with Gasteiger partial charge in [0.2, 0.25) is 0 Å². The van der Waals surface area contributed by atoms with Gasteiger partial charge >= 0.3 is 6.18 Å². The first-order valence-electron chi connectivity index (χ1n) is 8.17. The Hall–Kier alpha value is -0.780. The molecule has 1 unspecified atom stereocenters. The third-order valence-corrected chi connectivity index (χ3v) is 4.69. The molecule has 2 N–H and O–H groups in total. The van der Waals surface area contributed by atoms with Gasteiger partial charge in [-0.05, 0) is 49.4 Å². The van der Waals surface area contributed by atoms with Crippen LogP contribution in [0, 0.1) is 0 Å². The summed E-state index contributed by atoms with van der Waals surface area (Å²) in [6, 6.07) is 5.00. The molecule has 0 aromatic heterocycles. The van der Waals surface area contributed by atoms with E-state index >= 15 is 0 Å². The minimum atomic E-state index is -4.37. The summed E-state index contributed by atoms with van der Waals surface area (Å²) >= 11 is 5.83. The maximum atomic E-state index is 12.8. The van der Waals surface area contributed by atoms with E-state index in [2.05, 4.69) is 24.5 Å². The molecule has 23 heavy (non-hydrogen) atoms. The van der Waals surface area contributed by atoms with Gasteiger partial charge in [0.25, 0.3) is 0 Å². The number of nitrogens with one attached hydrogen (secondary N) is 2. The highest BCUT2D eigenvalue weighted by Crippen LogP contribution is 2.32. The van der Waals surface area contributed by atoms with E-state index in [-0.39, 0.29) is 5.02 Å². The first kappa shape index (κ1) is 18.6. The quantitative estimate of drug-likeness (QED) is 0.801. The van der Waals surface area contributed by atoms with Crippen LogP contribution in [-0.4, -0.2) is 18.1 Å². The third kappa shape index (κ3) is 5.37. The molecule has 0 bridgehead atoms. The monoisotopic (exact) mass is 348 g/mol. The normalized spacial score (nSPS) is 25.6. The minimum Gasteiger partial charge on any atom is -0.311 e. The lowest BCUT2D eigenvalue weighted by molar-refractivity contribution is -0.137. The van der Waals surface area contributed by atoms with E-state index in [1.54, 1.807) is 6.07 Å². The van der Waals surface area contributed by atoms with E-state index in [1.165, 1.54) is 6.07 Å². The fourth-order valence-corrected chi connectivity index (χ4v) is 3.42. The fourth-order valence-electron chi connectivity index (χ4n) is 3.17. The van der Waals surface area contributed by atoms with Crippen LogP contribution in [0.25, 0.3) is 0 Å². The van der Waals surface area contributed by atoms with Crippen LogP contribution in [0.5, 0.6) is 0 Å². The predicted molar refractivity (Wildman–Crippen MR) is 87.6 cm³/mol. The molecular weight excluding hydrogens is 325 g/mol. The van der Waals surface area contributed by atoms with Crippen LogP contribution in [0.1, 0.15) is 50.7 Å². The Labute approximate surface area is 140 Å². The SMILES string of the molecule is CC[C@@H]1CC(NCc2cc(Cl)cc(C(F)(F)F)c2)C[C@H](CC)N1. The van der Waals surface area contributed by atoms with Gasteiger partial charge in [0, 0.05) is 29.7 Å². The van der Waals surface area contributed by atoms with Gasteiger partial charge in [-0.2, -0.15) is 13.2 Å². The molecule has 1 saturated heterocycles. The van der Waals surface area contributed by atoms with E-state index in [9.17, 15) is 13.2 Å². The summed E-state index contributed by atoms with van der Waals surface area (Å²) in [6.07, 6.45) is -0.247. The maximum absolute atomic E-state index is 12.8. The van der Waals surface area contributed by atoms with Gasteiger partial charge in [0.15, 0.2) is 0 Å². The molecule has 1 aliphatic heterocycles. The van der Waals surface area contributed by atoms with Gasteiger partial charge < -0.3 is 10.6 Å². The van der Waals surface area contributed by atoms with Crippen molar-refractivity contribution in [3.05, 3.63) is 34.3 Å². The molecule has 0 saturated carbocycles. The molecule has 1 aromatic carbocycles. The molecule has 1 heterocycles. The largest absolute Gasteiger partial charge is 0.416 e. The number of hydrogen-bond acceptors (Lipinski definition) is 2. The summed E-state index contributed by atoms with van der Waals surface area (Å²) in [5, 5.41) is 7.14. The van der Waals surface area contributed by atoms with Gasteiger partial charge in [0.1, 0.15) is 0 Å². The highest BCUT2D eigenvalue weighted by Gasteiger charge is 2.31. The minimum absolute atomic E-state index is 0.125. The number of piperidine rings is 1. The molecule has 6 heteroatoms. The predicted octanol–water partition coefficient (Wildman–Crippen LogP) is 4.76. The zero-order valence-electron chi connectivity index (χ0n) is 13.5. The molecule has 1 aromatic rings. The lowest BCUT2D eigenvalue weighted by Crippen LogP contribution is -2.50. The number of hydrogen-bond donors (Lipinski definition) is 2. The van der Waals surface area contributed by atoms with Crippen molar-refractivity contribution in [3.8, 4) is 0 Å².